The number of nitrogens with one attached hydrogen (secondary N) is 1. The summed E-state index contributed by atoms with van der Waals surface area (Å²) in [5, 5.41) is 20.9. The number of phenolic OH excluding ortho intramolecular Hbond substituents is 2. The minimum Gasteiger partial charge on any atom is -0.504 e. The molecule has 0 saturated carbocycles. The fourth-order valence-electron chi connectivity index (χ4n) is 1.25. The van der Waals surface area contributed by atoms with Crippen molar-refractivity contribution in [3.8, 4) is 11.5 Å². The normalized spacial score (nSPS) is 11.1. The predicted octanol–water partition coefficient (Wildman–Crippen LogP) is 1.85. The molecule has 0 fully saturated rings. The van der Waals surface area contributed by atoms with E-state index in [-0.39, 0.29) is 10.6 Å². The first-order valence-electron chi connectivity index (χ1n) is 5.20. The minimum atomic E-state index is -0.870. The predicted molar refractivity (Wildman–Crippen MR) is 67.0 cm³/mol. The van der Waals surface area contributed by atoms with Crippen molar-refractivity contribution >= 4 is 23.3 Å². The molecule has 1 aromatic rings. The van der Waals surface area contributed by atoms with Crippen molar-refractivity contribution in [2.75, 3.05) is 0 Å². The van der Waals surface area contributed by atoms with Crippen LogP contribution in [0.3, 0.4) is 0 Å². The fraction of sp³-hybridized carbons (Fsp3) is 0.333. The van der Waals surface area contributed by atoms with Gasteiger partial charge >= 0.3 is 0 Å². The first-order valence-corrected chi connectivity index (χ1v) is 5.58. The molecule has 98 valence electrons. The molecule has 0 heterocycles. The van der Waals surface area contributed by atoms with Gasteiger partial charge in [0.1, 0.15) is 0 Å². The van der Waals surface area contributed by atoms with Crippen molar-refractivity contribution in [3.63, 3.8) is 0 Å². The summed E-state index contributed by atoms with van der Waals surface area (Å²) in [6.45, 7) is 5.19. The molecule has 18 heavy (non-hydrogen) atoms. The first kappa shape index (κ1) is 14.3. The van der Waals surface area contributed by atoms with Gasteiger partial charge in [0.25, 0.3) is 11.7 Å². The number of benzene rings is 1. The van der Waals surface area contributed by atoms with Gasteiger partial charge in [-0.15, -0.1) is 0 Å². The largest absolute Gasteiger partial charge is 0.504 e. The molecule has 0 aliphatic carbocycles. The lowest BCUT2D eigenvalue weighted by atomic mass is 10.1. The molecule has 0 radical (unpaired) electrons. The van der Waals surface area contributed by atoms with E-state index >= 15 is 0 Å². The third-order valence-electron chi connectivity index (χ3n) is 2.00. The third-order valence-corrected chi connectivity index (χ3v) is 2.32. The summed E-state index contributed by atoms with van der Waals surface area (Å²) < 4.78 is 0. The first-order chi connectivity index (χ1) is 8.11. The van der Waals surface area contributed by atoms with E-state index in [1.807, 2.05) is 0 Å². The van der Waals surface area contributed by atoms with E-state index in [0.29, 0.717) is 0 Å². The maximum atomic E-state index is 11.8. The second kappa shape index (κ2) is 4.86. The molecule has 0 atom stereocenters. The van der Waals surface area contributed by atoms with Gasteiger partial charge in [0, 0.05) is 11.6 Å². The van der Waals surface area contributed by atoms with Crippen LogP contribution in [0.25, 0.3) is 0 Å². The lowest BCUT2D eigenvalue weighted by Gasteiger charge is -2.19. The molecule has 5 nitrogen and oxygen atoms in total. The van der Waals surface area contributed by atoms with Crippen molar-refractivity contribution in [2.24, 2.45) is 0 Å². The topological polar surface area (TPSA) is 86.6 Å². The van der Waals surface area contributed by atoms with Gasteiger partial charge in [0.15, 0.2) is 11.5 Å². The molecular weight excluding hydrogens is 258 g/mol. The zero-order chi connectivity index (χ0) is 14.1. The van der Waals surface area contributed by atoms with Crippen molar-refractivity contribution in [2.45, 2.75) is 26.3 Å². The van der Waals surface area contributed by atoms with Gasteiger partial charge in [0.2, 0.25) is 0 Å². The van der Waals surface area contributed by atoms with Crippen LogP contribution in [-0.4, -0.2) is 27.4 Å². The molecule has 0 aromatic heterocycles. The summed E-state index contributed by atoms with van der Waals surface area (Å²) in [5.41, 5.74) is -0.716. The number of hydrogen-bond acceptors (Lipinski definition) is 4. The van der Waals surface area contributed by atoms with Crippen LogP contribution in [0.1, 0.15) is 31.1 Å². The van der Waals surface area contributed by atoms with Crippen LogP contribution in [0.4, 0.5) is 0 Å². The average molecular weight is 272 g/mol. The lowest BCUT2D eigenvalue weighted by molar-refractivity contribution is -0.118. The molecule has 1 amide bonds. The number of carbonyl (C=O) groups excluding carboxylic acids is 2. The number of hydrogen-bond donors (Lipinski definition) is 3. The Morgan fingerprint density at radius 3 is 2.17 bits per heavy atom. The molecule has 0 bridgehead atoms. The van der Waals surface area contributed by atoms with Crippen molar-refractivity contribution in [1.29, 1.82) is 0 Å². The summed E-state index contributed by atoms with van der Waals surface area (Å²) >= 11 is 5.74. The molecule has 6 heteroatoms. The summed E-state index contributed by atoms with van der Waals surface area (Å²) in [7, 11) is 0. The van der Waals surface area contributed by atoms with E-state index in [4.69, 9.17) is 11.6 Å². The molecular formula is C12H14ClNO4. The van der Waals surface area contributed by atoms with E-state index in [1.165, 1.54) is 0 Å². The third kappa shape index (κ3) is 3.37. The van der Waals surface area contributed by atoms with Crippen LogP contribution < -0.4 is 5.32 Å². The monoisotopic (exact) mass is 271 g/mol. The highest BCUT2D eigenvalue weighted by atomic mass is 35.5. The molecule has 0 aliphatic heterocycles. The maximum Gasteiger partial charge on any atom is 0.292 e. The van der Waals surface area contributed by atoms with Gasteiger partial charge in [-0.1, -0.05) is 11.6 Å². The number of ketones is 1. The standard InChI is InChI=1S/C12H14ClNO4/c1-12(2,3)14-11(18)10(17)6-4-8(15)9(16)5-7(6)13/h4-5,15-16H,1-3H3,(H,14,18). The number of phenols is 2. The van der Waals surface area contributed by atoms with Crippen LogP contribution in [0, 0.1) is 0 Å². The smallest absolute Gasteiger partial charge is 0.292 e. The van der Waals surface area contributed by atoms with E-state index in [2.05, 4.69) is 5.32 Å². The number of aromatic hydroxyl groups is 2. The van der Waals surface area contributed by atoms with Gasteiger partial charge in [-0.3, -0.25) is 9.59 Å². The van der Waals surface area contributed by atoms with Crippen LogP contribution in [0.2, 0.25) is 5.02 Å². The Balaban J connectivity index is 3.05. The number of halogens is 1. The van der Waals surface area contributed by atoms with E-state index in [0.717, 1.165) is 12.1 Å². The Bertz CT molecular complexity index is 506. The lowest BCUT2D eigenvalue weighted by Crippen LogP contribution is -2.44. The van der Waals surface area contributed by atoms with Crippen LogP contribution in [-0.2, 0) is 4.79 Å². The fourth-order valence-corrected chi connectivity index (χ4v) is 1.49. The van der Waals surface area contributed by atoms with Crippen LogP contribution >= 0.6 is 11.6 Å². The Morgan fingerprint density at radius 1 is 1.17 bits per heavy atom. The number of amides is 1. The SMILES string of the molecule is CC(C)(C)NC(=O)C(=O)c1cc(O)c(O)cc1Cl. The molecule has 0 aliphatic rings. The Morgan fingerprint density at radius 2 is 1.67 bits per heavy atom. The maximum absolute atomic E-state index is 11.8. The van der Waals surface area contributed by atoms with Crippen LogP contribution in [0.5, 0.6) is 11.5 Å². The molecule has 1 rings (SSSR count). The molecule has 3 N–H and O–H groups in total. The minimum absolute atomic E-state index is 0.0978. The van der Waals surface area contributed by atoms with Crippen molar-refractivity contribution < 1.29 is 19.8 Å². The summed E-state index contributed by atoms with van der Waals surface area (Å²) in [6, 6.07) is 1.97. The number of rotatable bonds is 2. The molecule has 0 spiro atoms. The second-order valence-corrected chi connectivity index (χ2v) is 5.26. The summed E-state index contributed by atoms with van der Waals surface area (Å²) in [6.07, 6.45) is 0. The van der Waals surface area contributed by atoms with E-state index in [1.54, 1.807) is 20.8 Å². The van der Waals surface area contributed by atoms with Gasteiger partial charge in [-0.25, -0.2) is 0 Å². The zero-order valence-corrected chi connectivity index (χ0v) is 11.0. The Hall–Kier alpha value is -1.75. The quantitative estimate of drug-likeness (QED) is 0.435. The van der Waals surface area contributed by atoms with E-state index in [9.17, 15) is 19.8 Å². The average Bonchev–Trinajstić information content (AvgIpc) is 2.20. The van der Waals surface area contributed by atoms with Crippen LogP contribution in [0.15, 0.2) is 12.1 Å². The number of carbonyl (C=O) groups is 2. The van der Waals surface area contributed by atoms with Gasteiger partial charge in [0.05, 0.1) is 10.6 Å². The van der Waals surface area contributed by atoms with Gasteiger partial charge < -0.3 is 15.5 Å². The van der Waals surface area contributed by atoms with E-state index < -0.39 is 28.7 Å². The molecule has 0 unspecified atom stereocenters. The summed E-state index contributed by atoms with van der Waals surface area (Å²) in [4.78, 5) is 23.5. The molecule has 1 aromatic carbocycles. The zero-order valence-electron chi connectivity index (χ0n) is 10.2. The van der Waals surface area contributed by atoms with Crippen molar-refractivity contribution in [3.05, 3.63) is 22.7 Å². The number of Topliss-reactive ketones (excluding diaryl/α,β-unsaturated/α-hetero) is 1. The van der Waals surface area contributed by atoms with Crippen molar-refractivity contribution in [1.82, 2.24) is 5.32 Å². The highest BCUT2D eigenvalue weighted by Gasteiger charge is 2.24. The highest BCUT2D eigenvalue weighted by Crippen LogP contribution is 2.31. The Labute approximate surface area is 109 Å². The second-order valence-electron chi connectivity index (χ2n) is 4.85. The highest BCUT2D eigenvalue weighted by molar-refractivity contribution is 6.47. The Kier molecular flexibility index (Phi) is 3.86. The van der Waals surface area contributed by atoms with Gasteiger partial charge in [-0.2, -0.15) is 0 Å². The summed E-state index contributed by atoms with van der Waals surface area (Å²) in [5.74, 6) is -2.65. The van der Waals surface area contributed by atoms with Gasteiger partial charge in [-0.05, 0) is 26.8 Å². The molecule has 0 saturated heterocycles.